The molecule has 0 unspecified atom stereocenters. The number of halogens is 2. The summed E-state index contributed by atoms with van der Waals surface area (Å²) in [6.07, 6.45) is 1.11. The number of hydrogen-bond donors (Lipinski definition) is 0. The second kappa shape index (κ2) is 4.00. The molecule has 0 aliphatic rings. The minimum atomic E-state index is -3.35. The van der Waals surface area contributed by atoms with Gasteiger partial charge < -0.3 is 4.74 Å². The zero-order valence-electron chi connectivity index (χ0n) is 7.71. The largest absolute Gasteiger partial charge is 0.470 e. The SMILES string of the molecule is CCOc1ncc(C(=O)C(C)(F)F)s1. The second-order valence-corrected chi connectivity index (χ2v) is 3.63. The van der Waals surface area contributed by atoms with E-state index in [9.17, 15) is 13.6 Å². The van der Waals surface area contributed by atoms with Gasteiger partial charge in [0.15, 0.2) is 0 Å². The molecule has 0 atom stereocenters. The predicted octanol–water partition coefficient (Wildman–Crippen LogP) is 2.38. The molecule has 0 saturated carbocycles. The number of rotatable bonds is 4. The van der Waals surface area contributed by atoms with Gasteiger partial charge in [0.1, 0.15) is 4.88 Å². The number of aromatic nitrogens is 1. The molecule has 1 aromatic heterocycles. The lowest BCUT2D eigenvalue weighted by molar-refractivity contribution is 0.0226. The van der Waals surface area contributed by atoms with Crippen molar-refractivity contribution in [2.24, 2.45) is 0 Å². The van der Waals surface area contributed by atoms with Gasteiger partial charge in [-0.3, -0.25) is 4.79 Å². The number of Topliss-reactive ketones (excluding diaryl/α,β-unsaturated/α-hetero) is 1. The molecular weight excluding hydrogens is 212 g/mol. The van der Waals surface area contributed by atoms with Crippen LogP contribution in [0.25, 0.3) is 0 Å². The van der Waals surface area contributed by atoms with Crippen LogP contribution in [0.15, 0.2) is 6.20 Å². The van der Waals surface area contributed by atoms with Crippen LogP contribution in [0.4, 0.5) is 8.78 Å². The van der Waals surface area contributed by atoms with Crippen LogP contribution >= 0.6 is 11.3 Å². The summed E-state index contributed by atoms with van der Waals surface area (Å²) >= 11 is 0.830. The zero-order chi connectivity index (χ0) is 10.8. The van der Waals surface area contributed by atoms with Crippen molar-refractivity contribution in [3.63, 3.8) is 0 Å². The summed E-state index contributed by atoms with van der Waals surface area (Å²) in [6, 6.07) is 0. The maximum absolute atomic E-state index is 12.6. The van der Waals surface area contributed by atoms with E-state index >= 15 is 0 Å². The molecule has 1 heterocycles. The number of hydrogen-bond acceptors (Lipinski definition) is 4. The van der Waals surface area contributed by atoms with Crippen LogP contribution < -0.4 is 4.74 Å². The fourth-order valence-electron chi connectivity index (χ4n) is 0.770. The van der Waals surface area contributed by atoms with Gasteiger partial charge in [-0.2, -0.15) is 8.78 Å². The van der Waals surface area contributed by atoms with Crippen LogP contribution in [0.5, 0.6) is 5.19 Å². The van der Waals surface area contributed by atoms with Crippen LogP contribution in [-0.2, 0) is 0 Å². The molecule has 14 heavy (non-hydrogen) atoms. The first-order valence-electron chi connectivity index (χ1n) is 3.96. The molecule has 0 aromatic carbocycles. The minimum absolute atomic E-state index is 0.0825. The summed E-state index contributed by atoms with van der Waals surface area (Å²) in [5.74, 6) is -4.57. The smallest absolute Gasteiger partial charge is 0.307 e. The first kappa shape index (κ1) is 11.0. The summed E-state index contributed by atoms with van der Waals surface area (Å²) in [4.78, 5) is 14.6. The van der Waals surface area contributed by atoms with Crippen molar-refractivity contribution in [2.75, 3.05) is 6.61 Å². The Kier molecular flexibility index (Phi) is 3.15. The number of ether oxygens (including phenoxy) is 1. The number of nitrogens with zero attached hydrogens (tertiary/aromatic N) is 1. The fourth-order valence-corrected chi connectivity index (χ4v) is 1.62. The van der Waals surface area contributed by atoms with Crippen LogP contribution in [0.1, 0.15) is 23.5 Å². The van der Waals surface area contributed by atoms with Gasteiger partial charge in [-0.15, -0.1) is 0 Å². The number of alkyl halides is 2. The van der Waals surface area contributed by atoms with Crippen LogP contribution in [0, 0.1) is 0 Å². The van der Waals surface area contributed by atoms with Crippen LogP contribution in [-0.4, -0.2) is 23.3 Å². The van der Waals surface area contributed by atoms with Gasteiger partial charge in [0, 0.05) is 6.92 Å². The van der Waals surface area contributed by atoms with E-state index < -0.39 is 11.7 Å². The topological polar surface area (TPSA) is 39.2 Å². The normalized spacial score (nSPS) is 11.4. The fraction of sp³-hybridized carbons (Fsp3) is 0.500. The van der Waals surface area contributed by atoms with Crippen molar-refractivity contribution in [1.82, 2.24) is 4.98 Å². The molecule has 3 nitrogen and oxygen atoms in total. The molecule has 0 saturated heterocycles. The molecule has 6 heteroatoms. The van der Waals surface area contributed by atoms with Gasteiger partial charge in [-0.1, -0.05) is 11.3 Å². The Morgan fingerprint density at radius 2 is 2.36 bits per heavy atom. The summed E-state index contributed by atoms with van der Waals surface area (Å²) in [7, 11) is 0. The highest BCUT2D eigenvalue weighted by atomic mass is 32.1. The van der Waals surface area contributed by atoms with Crippen LogP contribution in [0.3, 0.4) is 0 Å². The highest BCUT2D eigenvalue weighted by molar-refractivity contribution is 7.15. The predicted molar refractivity (Wildman–Crippen MR) is 48.2 cm³/mol. The summed E-state index contributed by atoms with van der Waals surface area (Å²) in [5.41, 5.74) is 0. The van der Waals surface area contributed by atoms with E-state index in [1.54, 1.807) is 6.92 Å². The van der Waals surface area contributed by atoms with Gasteiger partial charge in [0.05, 0.1) is 12.8 Å². The Bertz CT molecular complexity index is 332. The third-order valence-corrected chi connectivity index (χ3v) is 2.28. The third kappa shape index (κ3) is 2.47. The van der Waals surface area contributed by atoms with Crippen molar-refractivity contribution in [2.45, 2.75) is 19.8 Å². The molecule has 1 rings (SSSR count). The lowest BCUT2D eigenvalue weighted by Crippen LogP contribution is -2.23. The number of carbonyl (C=O) groups is 1. The van der Waals surface area contributed by atoms with E-state index in [2.05, 4.69) is 4.98 Å². The van der Waals surface area contributed by atoms with E-state index in [1.165, 1.54) is 0 Å². The second-order valence-electron chi connectivity index (χ2n) is 2.64. The highest BCUT2D eigenvalue weighted by Gasteiger charge is 2.34. The summed E-state index contributed by atoms with van der Waals surface area (Å²) in [6.45, 7) is 2.70. The quantitative estimate of drug-likeness (QED) is 0.733. The molecular formula is C8H9F2NO2S. The Morgan fingerprint density at radius 1 is 1.71 bits per heavy atom. The van der Waals surface area contributed by atoms with Crippen molar-refractivity contribution < 1.29 is 18.3 Å². The average molecular weight is 221 g/mol. The first-order valence-corrected chi connectivity index (χ1v) is 4.78. The van der Waals surface area contributed by atoms with E-state index in [1.807, 2.05) is 0 Å². The van der Waals surface area contributed by atoms with E-state index in [0.29, 0.717) is 13.5 Å². The Balaban J connectivity index is 2.82. The standard InChI is InChI=1S/C8H9F2NO2S/c1-3-13-7-11-4-5(14-7)6(12)8(2,9)10/h4H,3H2,1-2H3. The van der Waals surface area contributed by atoms with Crippen LogP contribution in [0.2, 0.25) is 0 Å². The van der Waals surface area contributed by atoms with Gasteiger partial charge in [-0.25, -0.2) is 4.98 Å². The van der Waals surface area contributed by atoms with E-state index in [0.717, 1.165) is 17.5 Å². The number of carbonyl (C=O) groups excluding carboxylic acids is 1. The monoisotopic (exact) mass is 221 g/mol. The molecule has 0 aliphatic carbocycles. The lowest BCUT2D eigenvalue weighted by Gasteiger charge is -2.04. The number of thiazole rings is 1. The van der Waals surface area contributed by atoms with Gasteiger partial charge in [0.2, 0.25) is 5.78 Å². The van der Waals surface area contributed by atoms with Gasteiger partial charge in [-0.05, 0) is 6.92 Å². The molecule has 0 spiro atoms. The van der Waals surface area contributed by atoms with E-state index in [-0.39, 0.29) is 10.1 Å². The molecule has 78 valence electrons. The molecule has 0 fully saturated rings. The van der Waals surface area contributed by atoms with Crippen molar-refractivity contribution >= 4 is 17.1 Å². The Hall–Kier alpha value is -1.04. The minimum Gasteiger partial charge on any atom is -0.470 e. The van der Waals surface area contributed by atoms with Gasteiger partial charge in [0.25, 0.3) is 5.19 Å². The molecule has 1 aromatic rings. The van der Waals surface area contributed by atoms with Crippen molar-refractivity contribution in [1.29, 1.82) is 0 Å². The molecule has 0 bridgehead atoms. The van der Waals surface area contributed by atoms with E-state index in [4.69, 9.17) is 4.74 Å². The lowest BCUT2D eigenvalue weighted by atomic mass is 10.2. The summed E-state index contributed by atoms with van der Waals surface area (Å²) < 4.78 is 30.1. The third-order valence-electron chi connectivity index (χ3n) is 1.37. The van der Waals surface area contributed by atoms with Gasteiger partial charge >= 0.3 is 5.92 Å². The molecule has 0 amide bonds. The molecule has 0 radical (unpaired) electrons. The number of ketones is 1. The van der Waals surface area contributed by atoms with Crippen molar-refractivity contribution in [3.05, 3.63) is 11.1 Å². The highest BCUT2D eigenvalue weighted by Crippen LogP contribution is 2.26. The Morgan fingerprint density at radius 3 is 2.86 bits per heavy atom. The maximum atomic E-state index is 12.6. The van der Waals surface area contributed by atoms with Crippen molar-refractivity contribution in [3.8, 4) is 5.19 Å². The molecule has 0 aliphatic heterocycles. The molecule has 0 N–H and O–H groups in total. The average Bonchev–Trinajstić information content (AvgIpc) is 2.50. The maximum Gasteiger partial charge on any atom is 0.307 e. The zero-order valence-corrected chi connectivity index (χ0v) is 8.53. The Labute approximate surface area is 83.7 Å². The first-order chi connectivity index (χ1) is 6.45. The summed E-state index contributed by atoms with van der Waals surface area (Å²) in [5, 5.41) is 0.236.